The second-order valence-corrected chi connectivity index (χ2v) is 6.51. The lowest BCUT2D eigenvalue weighted by Crippen LogP contribution is -2.34. The molecule has 112 valence electrons. The molecule has 0 saturated heterocycles. The molecule has 0 heterocycles. The van der Waals surface area contributed by atoms with Gasteiger partial charge in [0.05, 0.1) is 0 Å². The van der Waals surface area contributed by atoms with E-state index in [4.69, 9.17) is 11.6 Å². The van der Waals surface area contributed by atoms with E-state index >= 15 is 0 Å². The van der Waals surface area contributed by atoms with Crippen LogP contribution in [0.25, 0.3) is 0 Å². The summed E-state index contributed by atoms with van der Waals surface area (Å²) in [6, 6.07) is 6.87. The highest BCUT2D eigenvalue weighted by atomic mass is 35.5. The Morgan fingerprint density at radius 1 is 1.25 bits per heavy atom. The second-order valence-electron chi connectivity index (χ2n) is 6.13. The molecule has 0 aliphatic heterocycles. The van der Waals surface area contributed by atoms with E-state index in [9.17, 15) is 0 Å². The highest BCUT2D eigenvalue weighted by Crippen LogP contribution is 2.42. The van der Waals surface area contributed by atoms with Crippen LogP contribution < -0.4 is 5.32 Å². The predicted octanol–water partition coefficient (Wildman–Crippen LogP) is 5.52. The van der Waals surface area contributed by atoms with Crippen molar-refractivity contribution < 1.29 is 0 Å². The van der Waals surface area contributed by atoms with Gasteiger partial charge in [0.15, 0.2) is 0 Å². The Morgan fingerprint density at radius 3 is 2.70 bits per heavy atom. The van der Waals surface area contributed by atoms with E-state index in [1.165, 1.54) is 43.2 Å². The number of aryl methyl sites for hydroxylation is 1. The van der Waals surface area contributed by atoms with E-state index in [0.717, 1.165) is 23.4 Å². The minimum atomic E-state index is 0.414. The van der Waals surface area contributed by atoms with Crippen molar-refractivity contribution >= 4 is 11.6 Å². The Bertz CT molecular complexity index is 429. The molecule has 1 aliphatic rings. The molecule has 2 rings (SSSR count). The van der Waals surface area contributed by atoms with Crippen LogP contribution >= 0.6 is 11.6 Å². The van der Waals surface area contributed by atoms with E-state index in [-0.39, 0.29) is 0 Å². The fraction of sp³-hybridized carbons (Fsp3) is 0.667. The lowest BCUT2D eigenvalue weighted by Gasteiger charge is -2.38. The molecule has 1 N–H and O–H groups in total. The van der Waals surface area contributed by atoms with Gasteiger partial charge in [0.1, 0.15) is 0 Å². The summed E-state index contributed by atoms with van der Waals surface area (Å²) in [6.07, 6.45) is 6.77. The van der Waals surface area contributed by atoms with Crippen molar-refractivity contribution in [3.63, 3.8) is 0 Å². The van der Waals surface area contributed by atoms with Crippen molar-refractivity contribution in [2.45, 2.75) is 58.9 Å². The summed E-state index contributed by atoms with van der Waals surface area (Å²) in [5.41, 5.74) is 2.50. The molecule has 0 spiro atoms. The number of hydrogen-bond acceptors (Lipinski definition) is 1. The van der Waals surface area contributed by atoms with Gasteiger partial charge in [0.25, 0.3) is 0 Å². The summed E-state index contributed by atoms with van der Waals surface area (Å²) in [5.74, 6) is 1.57. The lowest BCUT2D eigenvalue weighted by molar-refractivity contribution is 0.177. The highest BCUT2D eigenvalue weighted by molar-refractivity contribution is 6.32. The van der Waals surface area contributed by atoms with Crippen LogP contribution in [0.2, 0.25) is 5.02 Å². The largest absolute Gasteiger partial charge is 0.310 e. The summed E-state index contributed by atoms with van der Waals surface area (Å²) < 4.78 is 0. The van der Waals surface area contributed by atoms with Crippen LogP contribution in [-0.2, 0) is 0 Å². The minimum absolute atomic E-state index is 0.414. The molecule has 1 nitrogen and oxygen atoms in total. The van der Waals surface area contributed by atoms with Crippen LogP contribution in [0.1, 0.15) is 63.1 Å². The van der Waals surface area contributed by atoms with Crippen molar-refractivity contribution in [3.05, 3.63) is 34.3 Å². The maximum atomic E-state index is 6.59. The summed E-state index contributed by atoms with van der Waals surface area (Å²) in [6.45, 7) is 7.64. The first kappa shape index (κ1) is 15.9. The first-order chi connectivity index (χ1) is 9.69. The lowest BCUT2D eigenvalue weighted by atomic mass is 9.72. The molecule has 1 fully saturated rings. The van der Waals surface area contributed by atoms with Crippen LogP contribution in [0.15, 0.2) is 18.2 Å². The standard InChI is InChI=1S/C18H28ClN/c1-4-14-10-6-7-11-15(14)18(20-5-2)16-12-8-9-13(3)17(16)19/h8-9,12,14-15,18,20H,4-7,10-11H2,1-3H3. The Labute approximate surface area is 129 Å². The van der Waals surface area contributed by atoms with Crippen LogP contribution in [0.5, 0.6) is 0 Å². The normalized spacial score (nSPS) is 24.6. The summed E-state index contributed by atoms with van der Waals surface area (Å²) in [5, 5.41) is 4.67. The van der Waals surface area contributed by atoms with E-state index < -0.39 is 0 Å². The zero-order chi connectivity index (χ0) is 14.5. The van der Waals surface area contributed by atoms with Gasteiger partial charge >= 0.3 is 0 Å². The van der Waals surface area contributed by atoms with Gasteiger partial charge in [0, 0.05) is 11.1 Å². The van der Waals surface area contributed by atoms with Crippen molar-refractivity contribution in [1.82, 2.24) is 5.32 Å². The molecule has 3 atom stereocenters. The zero-order valence-corrected chi connectivity index (χ0v) is 13.8. The highest BCUT2D eigenvalue weighted by Gasteiger charge is 2.32. The van der Waals surface area contributed by atoms with Gasteiger partial charge in [-0.3, -0.25) is 0 Å². The average molecular weight is 294 g/mol. The van der Waals surface area contributed by atoms with Gasteiger partial charge in [-0.1, -0.05) is 69.3 Å². The molecular weight excluding hydrogens is 266 g/mol. The molecule has 1 aliphatic carbocycles. The number of hydrogen-bond donors (Lipinski definition) is 1. The van der Waals surface area contributed by atoms with E-state index in [0.29, 0.717) is 6.04 Å². The maximum Gasteiger partial charge on any atom is 0.0483 e. The van der Waals surface area contributed by atoms with Gasteiger partial charge in [-0.05, 0) is 42.9 Å². The average Bonchev–Trinajstić information content (AvgIpc) is 2.48. The Kier molecular flexibility index (Phi) is 5.92. The third kappa shape index (κ3) is 3.38. The summed E-state index contributed by atoms with van der Waals surface area (Å²) in [4.78, 5) is 0. The smallest absolute Gasteiger partial charge is 0.0483 e. The predicted molar refractivity (Wildman–Crippen MR) is 88.3 cm³/mol. The number of nitrogens with one attached hydrogen (secondary N) is 1. The van der Waals surface area contributed by atoms with Gasteiger partial charge in [-0.15, -0.1) is 0 Å². The molecule has 0 aromatic heterocycles. The van der Waals surface area contributed by atoms with Crippen molar-refractivity contribution in [1.29, 1.82) is 0 Å². The zero-order valence-electron chi connectivity index (χ0n) is 13.1. The molecular formula is C18H28ClN. The first-order valence-corrected chi connectivity index (χ1v) is 8.55. The van der Waals surface area contributed by atoms with Gasteiger partial charge < -0.3 is 5.32 Å². The molecule has 3 unspecified atom stereocenters. The van der Waals surface area contributed by atoms with Crippen molar-refractivity contribution in [2.75, 3.05) is 6.54 Å². The molecule has 1 aromatic rings. The number of rotatable bonds is 5. The van der Waals surface area contributed by atoms with Crippen molar-refractivity contribution in [3.8, 4) is 0 Å². The van der Waals surface area contributed by atoms with Crippen LogP contribution in [0.3, 0.4) is 0 Å². The first-order valence-electron chi connectivity index (χ1n) is 8.17. The van der Waals surface area contributed by atoms with E-state index in [1.807, 2.05) is 0 Å². The fourth-order valence-corrected chi connectivity index (χ4v) is 4.05. The Balaban J connectivity index is 2.32. The molecule has 2 heteroatoms. The molecule has 0 radical (unpaired) electrons. The third-order valence-electron chi connectivity index (χ3n) is 4.90. The maximum absolute atomic E-state index is 6.59. The molecule has 1 aromatic carbocycles. The van der Waals surface area contributed by atoms with E-state index in [1.54, 1.807) is 0 Å². The topological polar surface area (TPSA) is 12.0 Å². The quantitative estimate of drug-likeness (QED) is 0.754. The summed E-state index contributed by atoms with van der Waals surface area (Å²) >= 11 is 6.59. The molecule has 1 saturated carbocycles. The molecule has 0 bridgehead atoms. The Morgan fingerprint density at radius 2 is 2.00 bits per heavy atom. The number of halogens is 1. The Hall–Kier alpha value is -0.530. The summed E-state index contributed by atoms with van der Waals surface area (Å²) in [7, 11) is 0. The van der Waals surface area contributed by atoms with Crippen LogP contribution in [0, 0.1) is 18.8 Å². The van der Waals surface area contributed by atoms with Crippen molar-refractivity contribution in [2.24, 2.45) is 11.8 Å². The van der Waals surface area contributed by atoms with Crippen LogP contribution in [0.4, 0.5) is 0 Å². The monoisotopic (exact) mass is 293 g/mol. The fourth-order valence-electron chi connectivity index (χ4n) is 3.80. The van der Waals surface area contributed by atoms with Gasteiger partial charge in [-0.2, -0.15) is 0 Å². The SMILES string of the molecule is CCNC(c1cccc(C)c1Cl)C1CCCCC1CC. The van der Waals surface area contributed by atoms with E-state index in [2.05, 4.69) is 44.3 Å². The minimum Gasteiger partial charge on any atom is -0.310 e. The second kappa shape index (κ2) is 7.47. The molecule has 0 amide bonds. The molecule has 20 heavy (non-hydrogen) atoms. The number of benzene rings is 1. The third-order valence-corrected chi connectivity index (χ3v) is 5.42. The van der Waals surface area contributed by atoms with Gasteiger partial charge in [-0.25, -0.2) is 0 Å². The van der Waals surface area contributed by atoms with Gasteiger partial charge in [0.2, 0.25) is 0 Å². The van der Waals surface area contributed by atoms with Crippen LogP contribution in [-0.4, -0.2) is 6.54 Å².